The fourth-order valence-corrected chi connectivity index (χ4v) is 24.0. The van der Waals surface area contributed by atoms with Crippen molar-refractivity contribution in [3.8, 4) is 145 Å². The number of fused-ring (bicyclic) bond motifs is 19. The first-order valence-electron chi connectivity index (χ1n) is 40.0. The molecule has 3 aliphatic rings. The number of hydrogen-bond donors (Lipinski definition) is 0. The lowest BCUT2D eigenvalue weighted by atomic mass is 9.52. The summed E-state index contributed by atoms with van der Waals surface area (Å²) in [5, 5.41) is 4.74. The zero-order valence-corrected chi connectivity index (χ0v) is 66.6. The number of hydrogen-bond acceptors (Lipinski definition) is 5. The Labute approximate surface area is 694 Å². The number of imidazole rings is 1. The van der Waals surface area contributed by atoms with Crippen molar-refractivity contribution in [1.82, 2.24) is 9.55 Å². The largest absolute Gasteiger partial charge is 0.292 e. The molecule has 0 radical (unpaired) electrons. The highest BCUT2D eigenvalue weighted by atomic mass is 32.1. The maximum absolute atomic E-state index is 5.29. The quantitative estimate of drug-likeness (QED) is 0.112. The number of rotatable bonds is 12. The van der Waals surface area contributed by atoms with Gasteiger partial charge in [-0.25, -0.2) is 4.98 Å². The lowest BCUT2D eigenvalue weighted by Crippen LogP contribution is -2.43. The average Bonchev–Trinajstić information content (AvgIpc) is 1.50. The van der Waals surface area contributed by atoms with Crippen LogP contribution < -0.4 is 0 Å². The molecule has 24 rings (SSSR count). The van der Waals surface area contributed by atoms with Crippen LogP contribution in [0, 0.1) is 0 Å². The van der Waals surface area contributed by atoms with Gasteiger partial charge in [0.15, 0.2) is 0 Å². The van der Waals surface area contributed by atoms with E-state index in [1.165, 1.54) is 166 Å². The van der Waals surface area contributed by atoms with Gasteiger partial charge in [-0.3, -0.25) is 4.57 Å². The van der Waals surface area contributed by atoms with Gasteiger partial charge in [-0.05, 0) is 246 Å². The maximum atomic E-state index is 5.29. The highest BCUT2D eigenvalue weighted by Gasteiger charge is 2.59. The van der Waals surface area contributed by atoms with Crippen LogP contribution in [0.5, 0.6) is 0 Å². The number of benzene rings is 16. The Kier molecular flexibility index (Phi) is 15.6. The van der Waals surface area contributed by atoms with Gasteiger partial charge in [0.1, 0.15) is 5.82 Å². The summed E-state index contributed by atoms with van der Waals surface area (Å²) in [7, 11) is 0. The van der Waals surface area contributed by atoms with E-state index in [0.717, 1.165) is 55.9 Å². The van der Waals surface area contributed by atoms with Gasteiger partial charge in [-0.15, -0.1) is 45.3 Å². The molecule has 0 bridgehead atoms. The summed E-state index contributed by atoms with van der Waals surface area (Å²) in [6.07, 6.45) is 0. The summed E-state index contributed by atoms with van der Waals surface area (Å²) in [4.78, 5) is 15.4. The van der Waals surface area contributed by atoms with E-state index >= 15 is 0 Å². The van der Waals surface area contributed by atoms with Crippen LogP contribution in [0.1, 0.15) is 44.5 Å². The topological polar surface area (TPSA) is 17.8 Å². The fraction of sp³-hybridized carbons (Fsp3) is 0.0180. The summed E-state index contributed by atoms with van der Waals surface area (Å²) < 4.78 is 2.29. The van der Waals surface area contributed by atoms with E-state index in [-0.39, 0.29) is 0 Å². The predicted octanol–water partition coefficient (Wildman–Crippen LogP) is 31.0. The summed E-state index contributed by atoms with van der Waals surface area (Å²) in [5.41, 5.74) is 32.8. The molecule has 0 N–H and O–H groups in total. The van der Waals surface area contributed by atoms with Crippen molar-refractivity contribution in [2.75, 3.05) is 0 Å². The van der Waals surface area contributed by atoms with Crippen molar-refractivity contribution >= 4 is 77.9 Å². The van der Waals surface area contributed by atoms with Gasteiger partial charge in [0.05, 0.1) is 21.9 Å². The average molecular weight is 1560 g/mol. The van der Waals surface area contributed by atoms with Crippen LogP contribution in [0.15, 0.2) is 413 Å². The van der Waals surface area contributed by atoms with Gasteiger partial charge >= 0.3 is 0 Å². The Bertz CT molecular complexity index is 7450. The van der Waals surface area contributed by atoms with Crippen molar-refractivity contribution in [3.05, 3.63) is 457 Å². The third kappa shape index (κ3) is 10.5. The Morgan fingerprint density at radius 3 is 0.957 bits per heavy atom. The Hall–Kier alpha value is -13.7. The molecule has 0 unspecified atom stereocenters. The van der Waals surface area contributed by atoms with E-state index in [1.54, 1.807) is 0 Å². The van der Waals surface area contributed by atoms with Crippen molar-refractivity contribution in [1.29, 1.82) is 0 Å². The second-order valence-electron chi connectivity index (χ2n) is 31.0. The molecule has 5 heterocycles. The molecular formula is C111H68N2S4. The molecule has 0 saturated carbocycles. The van der Waals surface area contributed by atoms with Crippen LogP contribution in [-0.4, -0.2) is 9.55 Å². The van der Waals surface area contributed by atoms with E-state index in [9.17, 15) is 0 Å². The molecular weight excluding hydrogens is 1490 g/mol. The van der Waals surface area contributed by atoms with Gasteiger partial charge in [-0.1, -0.05) is 322 Å². The smallest absolute Gasteiger partial charge is 0.145 e. The minimum atomic E-state index is -0.651. The first-order valence-corrected chi connectivity index (χ1v) is 43.3. The molecule has 0 atom stereocenters. The van der Waals surface area contributed by atoms with Crippen LogP contribution in [-0.2, 0) is 10.8 Å². The molecule has 0 saturated heterocycles. The monoisotopic (exact) mass is 1560 g/mol. The Morgan fingerprint density at radius 2 is 0.504 bits per heavy atom. The van der Waals surface area contributed by atoms with Crippen LogP contribution in [0.4, 0.5) is 0 Å². The second kappa shape index (κ2) is 27.0. The van der Waals surface area contributed by atoms with Gasteiger partial charge < -0.3 is 0 Å². The molecule has 0 fully saturated rings. The lowest BCUT2D eigenvalue weighted by molar-refractivity contribution is 0.633. The Balaban J connectivity index is 0.718. The third-order valence-corrected chi connectivity index (χ3v) is 29.8. The van der Waals surface area contributed by atoms with Crippen LogP contribution in [0.2, 0.25) is 0 Å². The Morgan fingerprint density at radius 1 is 0.197 bits per heavy atom. The maximum Gasteiger partial charge on any atom is 0.145 e. The highest BCUT2D eigenvalue weighted by Crippen LogP contribution is 2.68. The third-order valence-electron chi connectivity index (χ3n) is 24.9. The summed E-state index contributed by atoms with van der Waals surface area (Å²) in [6.45, 7) is 0. The molecule has 6 heteroatoms. The minimum Gasteiger partial charge on any atom is -0.292 e. The molecule has 546 valence electrons. The first-order chi connectivity index (χ1) is 58.0. The summed E-state index contributed by atoms with van der Waals surface area (Å²) in [6, 6.07) is 156. The van der Waals surface area contributed by atoms with Crippen molar-refractivity contribution in [3.63, 3.8) is 0 Å². The standard InChI is InChI=1S/C111H68N2S4/c1-4-22-70(23-5-1)99-58-62-103(114-99)105-64-60-101(116-105)72-42-46-74(47-43-72)107-86-56-53-78(79-54-57-95-96(68-79)111(91-34-16-12-30-83(91)84-31-13-17-35-92(84)111)94-37-19-18-36-93(94)110(95)89-32-14-10-28-81(89)82-29-11-15-33-90(82)110)67-88(86)108(75-48-44-73(45-49-75)102-61-65-106(117-102)104-63-59-100(115-104)71-24-6-2-7-25-71)85-55-52-77(66-87(85)107)69-40-50-76(51-41-69)109-112-97-38-20-21-39-98(97)113(109)80-26-8-3-9-27-80/h1-68H. The van der Waals surface area contributed by atoms with E-state index in [4.69, 9.17) is 4.98 Å². The molecule has 2 spiro atoms. The number of thiophene rings is 4. The van der Waals surface area contributed by atoms with Gasteiger partial charge in [0.2, 0.25) is 0 Å². The molecule has 0 aliphatic heterocycles. The van der Waals surface area contributed by atoms with Crippen molar-refractivity contribution in [2.24, 2.45) is 0 Å². The van der Waals surface area contributed by atoms with Crippen LogP contribution in [0.25, 0.3) is 178 Å². The van der Waals surface area contributed by atoms with Gasteiger partial charge in [0.25, 0.3) is 0 Å². The zero-order chi connectivity index (χ0) is 76.9. The molecule has 0 amide bonds. The SMILES string of the molecule is c1ccc(-c2ccc(-c3ccc(-c4ccc(-c5c6ccc(-c7ccc8c(c7)C7(c9ccccc9-c9ccccc97)c7ccccc7C87c8ccccc8-c8ccccc87)cc6c(-c6ccc(-c7ccc(-c8ccc(-c9ccccc9)s8)s7)cc6)c6ccc(-c7ccc(-c8nc9ccccc9n8-c8ccccc8)cc7)cc56)cc4)s3)s2)cc1. The number of para-hydroxylation sites is 3. The zero-order valence-electron chi connectivity index (χ0n) is 63.3. The second-order valence-corrected chi connectivity index (χ2v) is 35.3. The van der Waals surface area contributed by atoms with Crippen LogP contribution >= 0.6 is 45.3 Å². The molecule has 3 aliphatic carbocycles. The van der Waals surface area contributed by atoms with Crippen molar-refractivity contribution < 1.29 is 0 Å². The highest BCUT2D eigenvalue weighted by molar-refractivity contribution is 7.26. The fourth-order valence-electron chi connectivity index (χ4n) is 19.8. The number of nitrogens with zero attached hydrogens (tertiary/aromatic N) is 2. The molecule has 5 aromatic heterocycles. The number of aromatic nitrogens is 2. The first kappa shape index (κ1) is 67.8. The predicted molar refractivity (Wildman–Crippen MR) is 496 cm³/mol. The lowest BCUT2D eigenvalue weighted by Gasteiger charge is -2.49. The van der Waals surface area contributed by atoms with E-state index < -0.39 is 10.8 Å². The van der Waals surface area contributed by atoms with Gasteiger partial charge in [0, 0.05) is 50.3 Å². The normalized spacial score (nSPS) is 13.1. The van der Waals surface area contributed by atoms with Crippen LogP contribution in [0.3, 0.4) is 0 Å². The molecule has 117 heavy (non-hydrogen) atoms. The molecule has 21 aromatic rings. The van der Waals surface area contributed by atoms with E-state index in [0.29, 0.717) is 0 Å². The molecule has 16 aromatic carbocycles. The minimum absolute atomic E-state index is 0.605. The summed E-state index contributed by atoms with van der Waals surface area (Å²) >= 11 is 7.44. The summed E-state index contributed by atoms with van der Waals surface area (Å²) in [5.74, 6) is 0.908. The molecule has 2 nitrogen and oxygen atoms in total. The van der Waals surface area contributed by atoms with E-state index in [2.05, 4.69) is 417 Å². The van der Waals surface area contributed by atoms with E-state index in [1.807, 2.05) is 45.3 Å². The van der Waals surface area contributed by atoms with Gasteiger partial charge in [-0.2, -0.15) is 0 Å². The van der Waals surface area contributed by atoms with Crippen molar-refractivity contribution in [2.45, 2.75) is 10.8 Å².